The first kappa shape index (κ1) is 22.3. The normalized spacial score (nSPS) is 10.8. The summed E-state index contributed by atoms with van der Waals surface area (Å²) in [4.78, 5) is 12.2. The highest BCUT2D eigenvalue weighted by Crippen LogP contribution is 2.29. The number of rotatable bonds is 8. The Morgan fingerprint density at radius 1 is 1.06 bits per heavy atom. The van der Waals surface area contributed by atoms with Gasteiger partial charge in [-0.15, -0.1) is 0 Å². The number of nitrogens with one attached hydrogen (secondary N) is 1. The average Bonchev–Trinajstić information content (AvgIpc) is 2.76. The van der Waals surface area contributed by atoms with Gasteiger partial charge in [0.2, 0.25) is 0 Å². The third-order valence-corrected chi connectivity index (χ3v) is 4.80. The molecule has 0 aromatic heterocycles. The standard InChI is InChI=1S/C24H22ClFN2O3/c1-3-30-23-12-18(7-11-22(23)31-15-17-5-9-20(26)10-6-17)14-27-28-24(29)19-8-4-16(2)21(25)13-19/h4-14H,3,15H2,1-2H3,(H,28,29)/b27-14-. The molecule has 0 atom stereocenters. The summed E-state index contributed by atoms with van der Waals surface area (Å²) in [7, 11) is 0. The zero-order valence-corrected chi connectivity index (χ0v) is 17.9. The van der Waals surface area contributed by atoms with Gasteiger partial charge < -0.3 is 9.47 Å². The highest BCUT2D eigenvalue weighted by molar-refractivity contribution is 6.31. The largest absolute Gasteiger partial charge is 0.490 e. The highest BCUT2D eigenvalue weighted by Gasteiger charge is 2.08. The van der Waals surface area contributed by atoms with Gasteiger partial charge in [0.05, 0.1) is 12.8 Å². The van der Waals surface area contributed by atoms with E-state index in [4.69, 9.17) is 21.1 Å². The van der Waals surface area contributed by atoms with Crippen molar-refractivity contribution >= 4 is 23.7 Å². The second-order valence-electron chi connectivity index (χ2n) is 6.72. The molecule has 31 heavy (non-hydrogen) atoms. The smallest absolute Gasteiger partial charge is 0.271 e. The van der Waals surface area contributed by atoms with E-state index in [1.165, 1.54) is 18.3 Å². The first-order chi connectivity index (χ1) is 15.0. The van der Waals surface area contributed by atoms with Crippen LogP contribution in [-0.4, -0.2) is 18.7 Å². The number of hydrazone groups is 1. The Hall–Kier alpha value is -3.38. The summed E-state index contributed by atoms with van der Waals surface area (Å²) in [5.74, 6) is 0.453. The van der Waals surface area contributed by atoms with Gasteiger partial charge in [0, 0.05) is 10.6 Å². The van der Waals surface area contributed by atoms with Gasteiger partial charge >= 0.3 is 0 Å². The number of amides is 1. The molecule has 1 N–H and O–H groups in total. The monoisotopic (exact) mass is 440 g/mol. The van der Waals surface area contributed by atoms with Crippen LogP contribution >= 0.6 is 11.6 Å². The van der Waals surface area contributed by atoms with E-state index in [9.17, 15) is 9.18 Å². The van der Waals surface area contributed by atoms with E-state index in [-0.39, 0.29) is 18.3 Å². The topological polar surface area (TPSA) is 59.9 Å². The zero-order chi connectivity index (χ0) is 22.2. The Balaban J connectivity index is 1.65. The van der Waals surface area contributed by atoms with Crippen LogP contribution in [0.4, 0.5) is 4.39 Å². The maximum atomic E-state index is 13.0. The minimum absolute atomic E-state index is 0.281. The van der Waals surface area contributed by atoms with E-state index < -0.39 is 0 Å². The second kappa shape index (κ2) is 10.6. The van der Waals surface area contributed by atoms with E-state index in [2.05, 4.69) is 10.5 Å². The van der Waals surface area contributed by atoms with Crippen LogP contribution in [-0.2, 0) is 6.61 Å². The second-order valence-corrected chi connectivity index (χ2v) is 7.12. The Labute approximate surface area is 185 Å². The molecule has 7 heteroatoms. The summed E-state index contributed by atoms with van der Waals surface area (Å²) in [5, 5.41) is 4.53. The molecule has 0 heterocycles. The number of carbonyl (C=O) groups excluding carboxylic acids is 1. The minimum atomic E-state index is -0.359. The molecule has 1 amide bonds. The van der Waals surface area contributed by atoms with Crippen LogP contribution in [0.3, 0.4) is 0 Å². The van der Waals surface area contributed by atoms with Crippen molar-refractivity contribution in [3.05, 3.63) is 93.8 Å². The summed E-state index contributed by atoms with van der Waals surface area (Å²) >= 11 is 6.06. The van der Waals surface area contributed by atoms with E-state index in [0.29, 0.717) is 28.7 Å². The Morgan fingerprint density at radius 3 is 2.55 bits per heavy atom. The molecule has 3 aromatic rings. The predicted octanol–water partition coefficient (Wildman–Crippen LogP) is 5.53. The number of benzene rings is 3. The molecule has 0 unspecified atom stereocenters. The van der Waals surface area contributed by atoms with Gasteiger partial charge in [-0.25, -0.2) is 9.82 Å². The number of carbonyl (C=O) groups is 1. The molecule has 3 aromatic carbocycles. The zero-order valence-electron chi connectivity index (χ0n) is 17.2. The van der Waals surface area contributed by atoms with E-state index in [0.717, 1.165) is 16.7 Å². The molecule has 5 nitrogen and oxygen atoms in total. The van der Waals surface area contributed by atoms with Crippen LogP contribution in [0, 0.1) is 12.7 Å². The van der Waals surface area contributed by atoms with Gasteiger partial charge in [0.15, 0.2) is 11.5 Å². The number of hydrogen-bond acceptors (Lipinski definition) is 4. The number of hydrogen-bond donors (Lipinski definition) is 1. The Morgan fingerprint density at radius 2 is 1.84 bits per heavy atom. The van der Waals surface area contributed by atoms with Gasteiger partial charge in [0.25, 0.3) is 5.91 Å². The molecule has 0 saturated heterocycles. The summed E-state index contributed by atoms with van der Waals surface area (Å²) in [6, 6.07) is 16.5. The molecule has 0 fully saturated rings. The van der Waals surface area contributed by atoms with Crippen molar-refractivity contribution < 1.29 is 18.7 Å². The van der Waals surface area contributed by atoms with E-state index in [1.807, 2.05) is 13.8 Å². The molecule has 160 valence electrons. The van der Waals surface area contributed by atoms with Crippen molar-refractivity contribution in [3.63, 3.8) is 0 Å². The van der Waals surface area contributed by atoms with Gasteiger partial charge in [0.1, 0.15) is 12.4 Å². The lowest BCUT2D eigenvalue weighted by Gasteiger charge is -2.12. The third-order valence-electron chi connectivity index (χ3n) is 4.39. The first-order valence-electron chi connectivity index (χ1n) is 9.70. The lowest BCUT2D eigenvalue weighted by Crippen LogP contribution is -2.17. The van der Waals surface area contributed by atoms with Crippen molar-refractivity contribution in [2.75, 3.05) is 6.61 Å². The quantitative estimate of drug-likeness (QED) is 0.370. The molecule has 0 radical (unpaired) electrons. The third kappa shape index (κ3) is 6.30. The number of halogens is 2. The highest BCUT2D eigenvalue weighted by atomic mass is 35.5. The lowest BCUT2D eigenvalue weighted by atomic mass is 10.1. The van der Waals surface area contributed by atoms with Crippen molar-refractivity contribution in [1.82, 2.24) is 5.43 Å². The molecule has 0 aliphatic heterocycles. The van der Waals surface area contributed by atoms with Gasteiger partial charge in [-0.2, -0.15) is 5.10 Å². The average molecular weight is 441 g/mol. The molecular formula is C24H22ClFN2O3. The van der Waals surface area contributed by atoms with Crippen LogP contribution in [0.5, 0.6) is 11.5 Å². The van der Waals surface area contributed by atoms with Gasteiger partial charge in [-0.1, -0.05) is 29.8 Å². The maximum Gasteiger partial charge on any atom is 0.271 e. The van der Waals surface area contributed by atoms with Crippen LogP contribution < -0.4 is 14.9 Å². The molecule has 0 aliphatic carbocycles. The first-order valence-corrected chi connectivity index (χ1v) is 10.1. The molecule has 0 spiro atoms. The van der Waals surface area contributed by atoms with Crippen molar-refractivity contribution in [2.24, 2.45) is 5.10 Å². The molecule has 0 saturated carbocycles. The van der Waals surface area contributed by atoms with Crippen LogP contribution in [0.15, 0.2) is 65.8 Å². The molecular weight excluding hydrogens is 419 g/mol. The Bertz CT molecular complexity index is 1080. The summed E-state index contributed by atoms with van der Waals surface area (Å²) in [5.41, 5.74) is 5.36. The SMILES string of the molecule is CCOc1cc(/C=N\NC(=O)c2ccc(C)c(Cl)c2)ccc1OCc1ccc(F)cc1. The summed E-state index contributed by atoms with van der Waals surface area (Å²) < 4.78 is 24.5. The predicted molar refractivity (Wildman–Crippen MR) is 120 cm³/mol. The molecule has 3 rings (SSSR count). The minimum Gasteiger partial charge on any atom is -0.490 e. The summed E-state index contributed by atoms with van der Waals surface area (Å²) in [6.45, 7) is 4.48. The van der Waals surface area contributed by atoms with Gasteiger partial charge in [-0.05, 0) is 73.0 Å². The fourth-order valence-electron chi connectivity index (χ4n) is 2.70. The van der Waals surface area contributed by atoms with Gasteiger partial charge in [-0.3, -0.25) is 4.79 Å². The number of aryl methyl sites for hydroxylation is 1. The summed E-state index contributed by atoms with van der Waals surface area (Å²) in [6.07, 6.45) is 1.51. The van der Waals surface area contributed by atoms with E-state index >= 15 is 0 Å². The van der Waals surface area contributed by atoms with Crippen LogP contribution in [0.25, 0.3) is 0 Å². The van der Waals surface area contributed by atoms with Crippen molar-refractivity contribution in [1.29, 1.82) is 0 Å². The van der Waals surface area contributed by atoms with Crippen molar-refractivity contribution in [3.8, 4) is 11.5 Å². The Kier molecular flexibility index (Phi) is 7.62. The molecule has 0 aliphatic rings. The fourth-order valence-corrected chi connectivity index (χ4v) is 2.88. The van der Waals surface area contributed by atoms with Crippen molar-refractivity contribution in [2.45, 2.75) is 20.5 Å². The fraction of sp³-hybridized carbons (Fsp3) is 0.167. The number of nitrogens with zero attached hydrogens (tertiary/aromatic N) is 1. The molecule has 0 bridgehead atoms. The van der Waals surface area contributed by atoms with Crippen LogP contribution in [0.2, 0.25) is 5.02 Å². The van der Waals surface area contributed by atoms with E-state index in [1.54, 1.807) is 48.5 Å². The number of ether oxygens (including phenoxy) is 2. The lowest BCUT2D eigenvalue weighted by molar-refractivity contribution is 0.0955. The van der Waals surface area contributed by atoms with Crippen LogP contribution in [0.1, 0.15) is 34.0 Å². The maximum absolute atomic E-state index is 13.0.